The molecule has 0 atom stereocenters. The molecule has 1 heterocycles. The van der Waals surface area contributed by atoms with Crippen molar-refractivity contribution in [1.82, 2.24) is 4.98 Å². The Kier molecular flexibility index (Phi) is 5.81. The first-order valence-electron chi connectivity index (χ1n) is 9.94. The largest absolute Gasteiger partial charge is 0.251 e. The van der Waals surface area contributed by atoms with Gasteiger partial charge >= 0.3 is 0 Å². The van der Waals surface area contributed by atoms with E-state index in [9.17, 15) is 0 Å². The van der Waals surface area contributed by atoms with Crippen molar-refractivity contribution in [3.05, 3.63) is 51.1 Å². The summed E-state index contributed by atoms with van der Waals surface area (Å²) in [5.74, 6) is 0. The topological polar surface area (TPSA) is 12.9 Å². The average molecular weight is 431 g/mol. The minimum atomic E-state index is 0.916. The maximum Gasteiger partial charge on any atom is 0.0788 e. The molecule has 0 saturated heterocycles. The summed E-state index contributed by atoms with van der Waals surface area (Å²) >= 11 is 10.7. The Hall–Kier alpha value is -1.12. The van der Waals surface area contributed by atoms with Gasteiger partial charge in [0.05, 0.1) is 16.2 Å². The molecule has 0 N–H and O–H groups in total. The van der Waals surface area contributed by atoms with Gasteiger partial charge < -0.3 is 0 Å². The Morgan fingerprint density at radius 1 is 0.769 bits per heavy atom. The van der Waals surface area contributed by atoms with Crippen LogP contribution in [0.3, 0.4) is 0 Å². The van der Waals surface area contributed by atoms with Gasteiger partial charge in [0.1, 0.15) is 0 Å². The van der Waals surface area contributed by atoms with Crippen molar-refractivity contribution in [1.29, 1.82) is 0 Å². The number of hydrogen-bond acceptors (Lipinski definition) is 1. The van der Waals surface area contributed by atoms with Gasteiger partial charge in [0, 0.05) is 15.2 Å². The van der Waals surface area contributed by atoms with Gasteiger partial charge in [0.15, 0.2) is 0 Å². The van der Waals surface area contributed by atoms with E-state index < -0.39 is 0 Å². The van der Waals surface area contributed by atoms with Crippen molar-refractivity contribution >= 4 is 49.2 Å². The van der Waals surface area contributed by atoms with Gasteiger partial charge in [-0.3, -0.25) is 4.98 Å². The first kappa shape index (κ1) is 18.3. The summed E-state index contributed by atoms with van der Waals surface area (Å²) in [5, 5.41) is 4.59. The second-order valence-electron chi connectivity index (χ2n) is 7.48. The highest BCUT2D eigenvalue weighted by atomic mass is 79.9. The number of aryl methyl sites for hydroxylation is 2. The van der Waals surface area contributed by atoms with E-state index in [0.717, 1.165) is 33.5 Å². The van der Waals surface area contributed by atoms with Crippen LogP contribution in [0.5, 0.6) is 0 Å². The van der Waals surface area contributed by atoms with Gasteiger partial charge in [-0.2, -0.15) is 0 Å². The maximum atomic E-state index is 6.89. The molecule has 1 aliphatic rings. The zero-order chi connectivity index (χ0) is 17.9. The summed E-state index contributed by atoms with van der Waals surface area (Å²) in [4.78, 5) is 5.07. The maximum absolute atomic E-state index is 6.89. The Morgan fingerprint density at radius 2 is 1.38 bits per heavy atom. The normalized spacial score (nSPS) is 16.8. The summed E-state index contributed by atoms with van der Waals surface area (Å²) in [6.07, 6.45) is 12.5. The monoisotopic (exact) mass is 429 g/mol. The van der Waals surface area contributed by atoms with Crippen LogP contribution in [0.2, 0.25) is 5.02 Å². The van der Waals surface area contributed by atoms with Crippen molar-refractivity contribution in [3.63, 3.8) is 0 Å². The van der Waals surface area contributed by atoms with Crippen LogP contribution < -0.4 is 0 Å². The number of fused-ring (bicyclic) bond motifs is 6. The second kappa shape index (κ2) is 8.27. The fraction of sp³-hybridized carbons (Fsp3) is 0.435. The van der Waals surface area contributed by atoms with Crippen LogP contribution in [0.15, 0.2) is 34.8 Å². The van der Waals surface area contributed by atoms with Crippen LogP contribution in [0.4, 0.5) is 0 Å². The van der Waals surface area contributed by atoms with Gasteiger partial charge in [0.25, 0.3) is 0 Å². The molecule has 1 aromatic heterocycles. The summed E-state index contributed by atoms with van der Waals surface area (Å²) in [5.41, 5.74) is 3.52. The van der Waals surface area contributed by atoms with E-state index in [2.05, 4.69) is 46.3 Å². The van der Waals surface area contributed by atoms with Gasteiger partial charge in [-0.25, -0.2) is 0 Å². The minimum Gasteiger partial charge on any atom is -0.251 e. The molecule has 0 unspecified atom stereocenters. The Balaban J connectivity index is 1.91. The highest BCUT2D eigenvalue weighted by Gasteiger charge is 2.16. The Labute approximate surface area is 169 Å². The molecule has 3 heteroatoms. The molecule has 0 fully saturated rings. The van der Waals surface area contributed by atoms with Crippen LogP contribution in [0.25, 0.3) is 21.7 Å². The molecule has 4 rings (SSSR count). The molecule has 1 nitrogen and oxygen atoms in total. The molecule has 0 spiro atoms. The highest BCUT2D eigenvalue weighted by molar-refractivity contribution is 9.10. The van der Waals surface area contributed by atoms with E-state index in [4.69, 9.17) is 16.6 Å². The predicted molar refractivity (Wildman–Crippen MR) is 116 cm³/mol. The van der Waals surface area contributed by atoms with E-state index in [-0.39, 0.29) is 0 Å². The Bertz CT molecular complexity index is 935. The zero-order valence-corrected chi connectivity index (χ0v) is 17.5. The number of rotatable bonds is 0. The first-order valence-corrected chi connectivity index (χ1v) is 11.1. The predicted octanol–water partition coefficient (Wildman–Crippen LogP) is 8.02. The second-order valence-corrected chi connectivity index (χ2v) is 8.71. The molecular weight excluding hydrogens is 406 g/mol. The third-order valence-electron chi connectivity index (χ3n) is 5.65. The SMILES string of the molecule is Clc1c2nc3c(cc(Br)c4ccccc43)c1CCCCCCCCCC2. The number of halogens is 2. The lowest BCUT2D eigenvalue weighted by Crippen LogP contribution is -2.00. The number of benzene rings is 2. The van der Waals surface area contributed by atoms with E-state index in [1.54, 1.807) is 0 Å². The number of nitrogens with zero attached hydrogens (tertiary/aromatic N) is 1. The molecule has 0 saturated carbocycles. The van der Waals surface area contributed by atoms with Crippen molar-refractivity contribution in [3.8, 4) is 0 Å². The smallest absolute Gasteiger partial charge is 0.0788 e. The molecule has 0 radical (unpaired) electrons. The van der Waals surface area contributed by atoms with Gasteiger partial charge in [-0.1, -0.05) is 90.3 Å². The number of hydrogen-bond donors (Lipinski definition) is 0. The van der Waals surface area contributed by atoms with E-state index in [1.807, 2.05) is 0 Å². The molecular formula is C23H25BrClN. The number of pyridine rings is 1. The summed E-state index contributed by atoms with van der Waals surface area (Å²) < 4.78 is 1.13. The van der Waals surface area contributed by atoms with Crippen LogP contribution in [0, 0.1) is 0 Å². The van der Waals surface area contributed by atoms with Gasteiger partial charge in [-0.05, 0) is 42.7 Å². The van der Waals surface area contributed by atoms with Crippen LogP contribution in [0.1, 0.15) is 62.6 Å². The minimum absolute atomic E-state index is 0.916. The van der Waals surface area contributed by atoms with Gasteiger partial charge in [-0.15, -0.1) is 0 Å². The third-order valence-corrected chi connectivity index (χ3v) is 6.75. The fourth-order valence-corrected chi connectivity index (χ4v) is 5.12. The molecule has 1 aliphatic carbocycles. The lowest BCUT2D eigenvalue weighted by Gasteiger charge is -2.15. The molecule has 0 amide bonds. The first-order chi connectivity index (χ1) is 12.8. The molecule has 136 valence electrons. The fourth-order valence-electron chi connectivity index (χ4n) is 4.21. The lowest BCUT2D eigenvalue weighted by molar-refractivity contribution is 0.569. The molecule has 2 aromatic carbocycles. The van der Waals surface area contributed by atoms with E-state index in [1.165, 1.54) is 73.1 Å². The number of aromatic nitrogens is 1. The summed E-state index contributed by atoms with van der Waals surface area (Å²) in [7, 11) is 0. The zero-order valence-electron chi connectivity index (χ0n) is 15.2. The molecule has 2 bridgehead atoms. The van der Waals surface area contributed by atoms with E-state index in [0.29, 0.717) is 0 Å². The average Bonchev–Trinajstić information content (AvgIpc) is 2.66. The Morgan fingerprint density at radius 3 is 2.12 bits per heavy atom. The van der Waals surface area contributed by atoms with Crippen molar-refractivity contribution in [2.75, 3.05) is 0 Å². The highest BCUT2D eigenvalue weighted by Crippen LogP contribution is 2.37. The molecule has 0 aliphatic heterocycles. The standard InChI is InChI=1S/C23H25BrClN/c24-20-15-19-17-12-7-5-3-1-2-4-6-8-14-21(22(17)25)26-23(19)18-13-10-9-11-16(18)20/h9-11,13,15H,1-8,12,14H2. The van der Waals surface area contributed by atoms with Crippen LogP contribution in [-0.2, 0) is 12.8 Å². The van der Waals surface area contributed by atoms with Crippen molar-refractivity contribution < 1.29 is 0 Å². The van der Waals surface area contributed by atoms with Crippen LogP contribution >= 0.6 is 27.5 Å². The molecule has 3 aromatic rings. The quantitative estimate of drug-likeness (QED) is 0.329. The lowest BCUT2D eigenvalue weighted by atomic mass is 9.97. The molecule has 26 heavy (non-hydrogen) atoms. The third kappa shape index (κ3) is 3.64. The van der Waals surface area contributed by atoms with Gasteiger partial charge in [0.2, 0.25) is 0 Å². The summed E-state index contributed by atoms with van der Waals surface area (Å²) in [6.45, 7) is 0. The summed E-state index contributed by atoms with van der Waals surface area (Å²) in [6, 6.07) is 10.8. The van der Waals surface area contributed by atoms with Crippen LogP contribution in [-0.4, -0.2) is 4.98 Å². The van der Waals surface area contributed by atoms with E-state index >= 15 is 0 Å². The van der Waals surface area contributed by atoms with Crippen molar-refractivity contribution in [2.24, 2.45) is 0 Å². The van der Waals surface area contributed by atoms with Crippen molar-refractivity contribution in [2.45, 2.75) is 64.2 Å².